The first-order valence-electron chi connectivity index (χ1n) is 5.67. The molecular formula is C13H11ClN2O2S2. The number of aryl methyl sites for hydroxylation is 1. The topological polar surface area (TPSA) is 70.0 Å². The molecule has 1 aromatic carbocycles. The van der Waals surface area contributed by atoms with E-state index in [-0.39, 0.29) is 22.0 Å². The molecule has 1 heterocycles. The van der Waals surface area contributed by atoms with Gasteiger partial charge in [0, 0.05) is 16.3 Å². The summed E-state index contributed by atoms with van der Waals surface area (Å²) in [6.07, 6.45) is 0. The molecule has 0 aliphatic heterocycles. The summed E-state index contributed by atoms with van der Waals surface area (Å²) in [6, 6.07) is 9.75. The minimum absolute atomic E-state index is 0.0507. The number of hydrogen-bond donors (Lipinski definition) is 1. The highest BCUT2D eigenvalue weighted by atomic mass is 35.5. The third-order valence-corrected chi connectivity index (χ3v) is 5.32. The van der Waals surface area contributed by atoms with Crippen LogP contribution in [0.2, 0.25) is 5.02 Å². The lowest BCUT2D eigenvalue weighted by Crippen LogP contribution is -2.22. The van der Waals surface area contributed by atoms with Gasteiger partial charge in [-0.1, -0.05) is 11.6 Å². The summed E-state index contributed by atoms with van der Waals surface area (Å²) in [5.41, 5.74) is 0.250. The van der Waals surface area contributed by atoms with Gasteiger partial charge >= 0.3 is 0 Å². The minimum atomic E-state index is -3.63. The quantitative estimate of drug-likeness (QED) is 0.938. The number of benzene rings is 1. The van der Waals surface area contributed by atoms with Crippen molar-refractivity contribution in [3.05, 3.63) is 50.7 Å². The van der Waals surface area contributed by atoms with Crippen molar-refractivity contribution in [3.63, 3.8) is 0 Å². The van der Waals surface area contributed by atoms with Crippen LogP contribution in [0.1, 0.15) is 15.3 Å². The maximum atomic E-state index is 12.1. The van der Waals surface area contributed by atoms with Crippen molar-refractivity contribution in [2.75, 3.05) is 0 Å². The number of nitrogens with zero attached hydrogens (tertiary/aromatic N) is 1. The van der Waals surface area contributed by atoms with Gasteiger partial charge in [0.25, 0.3) is 0 Å². The number of hydrogen-bond acceptors (Lipinski definition) is 4. The molecule has 1 aromatic heterocycles. The molecule has 1 N–H and O–H groups in total. The van der Waals surface area contributed by atoms with Crippen molar-refractivity contribution >= 4 is 33.0 Å². The van der Waals surface area contributed by atoms with Gasteiger partial charge in [0.2, 0.25) is 10.0 Å². The Hall–Kier alpha value is -1.39. The van der Waals surface area contributed by atoms with E-state index in [9.17, 15) is 8.42 Å². The monoisotopic (exact) mass is 326 g/mol. The van der Waals surface area contributed by atoms with Gasteiger partial charge in [-0.15, -0.1) is 11.3 Å². The Labute approximate surface area is 126 Å². The largest absolute Gasteiger partial charge is 0.240 e. The molecule has 0 aliphatic rings. The molecule has 104 valence electrons. The van der Waals surface area contributed by atoms with Crippen molar-refractivity contribution in [1.29, 1.82) is 5.26 Å². The van der Waals surface area contributed by atoms with E-state index < -0.39 is 10.0 Å². The fourth-order valence-electron chi connectivity index (χ4n) is 1.58. The van der Waals surface area contributed by atoms with Crippen LogP contribution < -0.4 is 4.72 Å². The SMILES string of the molecule is Cc1ccc(CNS(=O)(=O)c2ccc(C#N)c(Cl)c2)s1. The number of halogens is 1. The van der Waals surface area contributed by atoms with Crippen LogP contribution in [0.3, 0.4) is 0 Å². The molecule has 0 spiro atoms. The third-order valence-electron chi connectivity index (χ3n) is 2.60. The van der Waals surface area contributed by atoms with Gasteiger partial charge in [-0.2, -0.15) is 5.26 Å². The van der Waals surface area contributed by atoms with Gasteiger partial charge in [0.05, 0.1) is 15.5 Å². The van der Waals surface area contributed by atoms with Crippen LogP contribution in [-0.4, -0.2) is 8.42 Å². The van der Waals surface area contributed by atoms with E-state index in [4.69, 9.17) is 16.9 Å². The van der Waals surface area contributed by atoms with Crippen LogP contribution in [-0.2, 0) is 16.6 Å². The predicted octanol–water partition coefficient (Wildman–Crippen LogP) is 3.06. The molecule has 0 saturated heterocycles. The first kappa shape index (κ1) is 15.0. The summed E-state index contributed by atoms with van der Waals surface area (Å²) in [5, 5.41) is 8.90. The number of thiophene rings is 1. The van der Waals surface area contributed by atoms with Gasteiger partial charge in [0.1, 0.15) is 6.07 Å². The Morgan fingerprint density at radius 1 is 1.35 bits per heavy atom. The molecule has 20 heavy (non-hydrogen) atoms. The molecule has 2 aromatic rings. The fraction of sp³-hybridized carbons (Fsp3) is 0.154. The average molecular weight is 327 g/mol. The number of sulfonamides is 1. The van der Waals surface area contributed by atoms with Crippen molar-refractivity contribution in [3.8, 4) is 6.07 Å². The fourth-order valence-corrected chi connectivity index (χ4v) is 3.82. The second-order valence-electron chi connectivity index (χ2n) is 4.09. The lowest BCUT2D eigenvalue weighted by atomic mass is 10.2. The smallest absolute Gasteiger partial charge is 0.207 e. The van der Waals surface area contributed by atoms with Crippen LogP contribution >= 0.6 is 22.9 Å². The minimum Gasteiger partial charge on any atom is -0.207 e. The number of nitriles is 1. The second-order valence-corrected chi connectivity index (χ2v) is 7.64. The van der Waals surface area contributed by atoms with Crippen LogP contribution in [0.5, 0.6) is 0 Å². The van der Waals surface area contributed by atoms with E-state index in [1.165, 1.54) is 29.5 Å². The molecular weight excluding hydrogens is 316 g/mol. The van der Waals surface area contributed by atoms with Crippen LogP contribution in [0.25, 0.3) is 0 Å². The zero-order chi connectivity index (χ0) is 14.8. The van der Waals surface area contributed by atoms with Gasteiger partial charge in [-0.05, 0) is 37.3 Å². The molecule has 0 atom stereocenters. The van der Waals surface area contributed by atoms with Crippen molar-refractivity contribution < 1.29 is 8.42 Å². The third kappa shape index (κ3) is 3.38. The summed E-state index contributed by atoms with van der Waals surface area (Å²) in [4.78, 5) is 2.11. The summed E-state index contributed by atoms with van der Waals surface area (Å²) >= 11 is 7.38. The summed E-state index contributed by atoms with van der Waals surface area (Å²) in [6.45, 7) is 2.20. The van der Waals surface area contributed by atoms with E-state index in [2.05, 4.69) is 4.72 Å². The van der Waals surface area contributed by atoms with E-state index >= 15 is 0 Å². The number of rotatable bonds is 4. The Morgan fingerprint density at radius 3 is 2.65 bits per heavy atom. The second kappa shape index (κ2) is 5.94. The lowest BCUT2D eigenvalue weighted by molar-refractivity contribution is 0.582. The number of nitrogens with one attached hydrogen (secondary N) is 1. The lowest BCUT2D eigenvalue weighted by Gasteiger charge is -2.06. The Balaban J connectivity index is 2.18. The van der Waals surface area contributed by atoms with Gasteiger partial charge in [0.15, 0.2) is 0 Å². The average Bonchev–Trinajstić information content (AvgIpc) is 2.82. The summed E-state index contributed by atoms with van der Waals surface area (Å²) in [7, 11) is -3.63. The Bertz CT molecular complexity index is 776. The van der Waals surface area contributed by atoms with Crippen LogP contribution in [0.4, 0.5) is 0 Å². The highest BCUT2D eigenvalue weighted by Crippen LogP contribution is 2.21. The maximum absolute atomic E-state index is 12.1. The highest BCUT2D eigenvalue weighted by Gasteiger charge is 2.15. The Morgan fingerprint density at radius 2 is 2.10 bits per heavy atom. The molecule has 0 saturated carbocycles. The van der Waals surface area contributed by atoms with Crippen molar-refractivity contribution in [1.82, 2.24) is 4.72 Å². The molecule has 0 fully saturated rings. The normalized spacial score (nSPS) is 11.2. The van der Waals surface area contributed by atoms with E-state index in [1.807, 2.05) is 25.1 Å². The van der Waals surface area contributed by atoms with E-state index in [0.717, 1.165) is 9.75 Å². The Kier molecular flexibility index (Phi) is 4.45. The highest BCUT2D eigenvalue weighted by molar-refractivity contribution is 7.89. The zero-order valence-electron chi connectivity index (χ0n) is 10.6. The van der Waals surface area contributed by atoms with Gasteiger partial charge in [-0.3, -0.25) is 0 Å². The van der Waals surface area contributed by atoms with E-state index in [0.29, 0.717) is 0 Å². The zero-order valence-corrected chi connectivity index (χ0v) is 12.9. The molecule has 0 bridgehead atoms. The molecule has 2 rings (SSSR count). The molecule has 4 nitrogen and oxygen atoms in total. The molecule has 0 radical (unpaired) electrons. The van der Waals surface area contributed by atoms with Crippen LogP contribution in [0, 0.1) is 18.3 Å². The maximum Gasteiger partial charge on any atom is 0.240 e. The standard InChI is InChI=1S/C13H11ClN2O2S2/c1-9-2-4-11(19-9)8-16-20(17,18)12-5-3-10(7-15)13(14)6-12/h2-6,16H,8H2,1H3. The molecule has 0 aliphatic carbocycles. The van der Waals surface area contributed by atoms with E-state index in [1.54, 1.807) is 0 Å². The predicted molar refractivity (Wildman–Crippen MR) is 79.2 cm³/mol. The van der Waals surface area contributed by atoms with Crippen LogP contribution in [0.15, 0.2) is 35.2 Å². The van der Waals surface area contributed by atoms with Crippen molar-refractivity contribution in [2.24, 2.45) is 0 Å². The molecule has 0 amide bonds. The first-order chi connectivity index (χ1) is 9.42. The summed E-state index contributed by atoms with van der Waals surface area (Å²) in [5.74, 6) is 0. The van der Waals surface area contributed by atoms with Crippen molar-refractivity contribution in [2.45, 2.75) is 18.4 Å². The summed E-state index contributed by atoms with van der Waals surface area (Å²) < 4.78 is 26.7. The van der Waals surface area contributed by atoms with Gasteiger partial charge < -0.3 is 0 Å². The molecule has 0 unspecified atom stereocenters. The first-order valence-corrected chi connectivity index (χ1v) is 8.35. The molecule has 7 heteroatoms. The van der Waals surface area contributed by atoms with Gasteiger partial charge in [-0.25, -0.2) is 13.1 Å².